The predicted molar refractivity (Wildman–Crippen MR) is 72.2 cm³/mol. The zero-order valence-electron chi connectivity index (χ0n) is 9.98. The van der Waals surface area contributed by atoms with Crippen molar-refractivity contribution in [3.05, 3.63) is 9.81 Å². The molecule has 0 aromatic carbocycles. The highest BCUT2D eigenvalue weighted by Gasteiger charge is 2.44. The zero-order chi connectivity index (χ0) is 11.8. The molecule has 3 fully saturated rings. The third kappa shape index (κ3) is 2.08. The summed E-state index contributed by atoms with van der Waals surface area (Å²) in [7, 11) is 0. The summed E-state index contributed by atoms with van der Waals surface area (Å²) in [4.78, 5) is 13.6. The molecule has 3 aliphatic rings. The van der Waals surface area contributed by atoms with E-state index in [1.54, 1.807) is 0 Å². The van der Waals surface area contributed by atoms with Gasteiger partial charge in [-0.25, -0.2) is 4.79 Å². The smallest absolute Gasteiger partial charge is 0.410 e. The number of cyclic esters (lactones) is 1. The minimum absolute atomic E-state index is 0.0217. The molecule has 3 rings (SSSR count). The van der Waals surface area contributed by atoms with Gasteiger partial charge in [0, 0.05) is 10.8 Å². The summed E-state index contributed by atoms with van der Waals surface area (Å²) in [5, 5.41) is 0. The predicted octanol–water partition coefficient (Wildman–Crippen LogP) is 3.07. The van der Waals surface area contributed by atoms with E-state index in [-0.39, 0.29) is 18.2 Å². The third-order valence-corrected chi connectivity index (χ3v) is 6.26. The highest BCUT2D eigenvalue weighted by Crippen LogP contribution is 2.43. The van der Waals surface area contributed by atoms with Crippen molar-refractivity contribution in [1.82, 2.24) is 4.90 Å². The fraction of sp³-hybridized carbons (Fsp3) is 0.750. The van der Waals surface area contributed by atoms with Crippen LogP contribution in [0.3, 0.4) is 0 Å². The zero-order valence-corrected chi connectivity index (χ0v) is 11.6. The van der Waals surface area contributed by atoms with E-state index in [1.807, 2.05) is 35.3 Å². The van der Waals surface area contributed by atoms with Crippen molar-refractivity contribution in [3.8, 4) is 0 Å². The minimum atomic E-state index is -0.119. The number of carbonyl (C=O) groups excluding carboxylic acids is 1. The van der Waals surface area contributed by atoms with Crippen molar-refractivity contribution in [2.24, 2.45) is 0 Å². The molecular weight excluding hydrogens is 254 g/mol. The quantitative estimate of drug-likeness (QED) is 0.677. The van der Waals surface area contributed by atoms with Crippen LogP contribution in [-0.4, -0.2) is 41.2 Å². The molecule has 3 heterocycles. The Balaban J connectivity index is 1.91. The van der Waals surface area contributed by atoms with Gasteiger partial charge in [0.1, 0.15) is 6.10 Å². The van der Waals surface area contributed by atoms with E-state index in [9.17, 15) is 4.79 Å². The molecule has 0 bridgehead atoms. The molecule has 0 saturated carbocycles. The normalized spacial score (nSPS) is 33.7. The second kappa shape index (κ2) is 4.76. The van der Waals surface area contributed by atoms with Crippen LogP contribution in [0.1, 0.15) is 26.2 Å². The fourth-order valence-electron chi connectivity index (χ4n) is 2.79. The largest absolute Gasteiger partial charge is 0.444 e. The minimum Gasteiger partial charge on any atom is -0.444 e. The monoisotopic (exact) mass is 271 g/mol. The number of rotatable bonds is 0. The molecule has 94 valence electrons. The lowest BCUT2D eigenvalue weighted by Crippen LogP contribution is -2.41. The summed E-state index contributed by atoms with van der Waals surface area (Å²) in [6.45, 7) is 2.88. The Morgan fingerprint density at radius 3 is 2.82 bits per heavy atom. The molecule has 0 N–H and O–H groups in total. The van der Waals surface area contributed by atoms with Gasteiger partial charge in [-0.1, -0.05) is 0 Å². The lowest BCUT2D eigenvalue weighted by Gasteiger charge is -2.33. The van der Waals surface area contributed by atoms with Crippen LogP contribution in [0.5, 0.6) is 0 Å². The number of amides is 1. The molecular formula is C12H17NO2S2. The number of piperidine rings is 1. The number of hydrogen-bond acceptors (Lipinski definition) is 4. The lowest BCUT2D eigenvalue weighted by molar-refractivity contribution is 0.138. The fourth-order valence-corrected chi connectivity index (χ4v) is 5.57. The molecule has 1 amide bonds. The van der Waals surface area contributed by atoms with Gasteiger partial charge in [-0.2, -0.15) is 0 Å². The average Bonchev–Trinajstić information content (AvgIpc) is 2.66. The van der Waals surface area contributed by atoms with Gasteiger partial charge in [0.2, 0.25) is 0 Å². The van der Waals surface area contributed by atoms with Gasteiger partial charge in [0.05, 0.1) is 6.04 Å². The number of nitrogens with zero attached hydrogens (tertiary/aromatic N) is 1. The average molecular weight is 271 g/mol. The van der Waals surface area contributed by atoms with E-state index in [4.69, 9.17) is 4.74 Å². The Morgan fingerprint density at radius 1 is 1.29 bits per heavy atom. The number of ether oxygens (including phenoxy) is 1. The number of carbonyl (C=O) groups is 1. The lowest BCUT2D eigenvalue weighted by atomic mass is 9.95. The van der Waals surface area contributed by atoms with Gasteiger partial charge >= 0.3 is 6.09 Å². The molecule has 0 unspecified atom stereocenters. The first-order chi connectivity index (χ1) is 8.27. The molecule has 0 aromatic rings. The maximum atomic E-state index is 11.7. The summed E-state index contributed by atoms with van der Waals surface area (Å²) in [5.74, 6) is 2.45. The van der Waals surface area contributed by atoms with Crippen molar-refractivity contribution in [3.63, 3.8) is 0 Å². The molecule has 5 heteroatoms. The van der Waals surface area contributed by atoms with Gasteiger partial charge in [0.15, 0.2) is 0 Å². The molecule has 3 nitrogen and oxygen atoms in total. The molecule has 3 saturated heterocycles. The standard InChI is InChI=1S/C12H17NO2S2/c1-8-10-9(11-16-6-3-7-17-11)4-2-5-13(10)12(14)15-8/h8,10H,2-7H2,1H3/t8-,10-/m1/s1. The van der Waals surface area contributed by atoms with Crippen LogP contribution >= 0.6 is 23.5 Å². The summed E-state index contributed by atoms with van der Waals surface area (Å²) in [5.41, 5.74) is 1.46. The summed E-state index contributed by atoms with van der Waals surface area (Å²) >= 11 is 3.94. The molecule has 0 aliphatic carbocycles. The molecule has 2 atom stereocenters. The first-order valence-electron chi connectivity index (χ1n) is 6.23. The molecule has 0 aromatic heterocycles. The van der Waals surface area contributed by atoms with Gasteiger partial charge in [-0.3, -0.25) is 4.90 Å². The highest BCUT2D eigenvalue weighted by molar-refractivity contribution is 8.22. The Labute approximate surface area is 110 Å². The van der Waals surface area contributed by atoms with Crippen LogP contribution in [0.2, 0.25) is 0 Å². The van der Waals surface area contributed by atoms with Crippen molar-refractivity contribution >= 4 is 29.6 Å². The molecule has 17 heavy (non-hydrogen) atoms. The Hall–Kier alpha value is -0.290. The number of fused-ring (bicyclic) bond motifs is 1. The van der Waals surface area contributed by atoms with Gasteiger partial charge in [0.25, 0.3) is 0 Å². The van der Waals surface area contributed by atoms with Crippen LogP contribution in [-0.2, 0) is 4.74 Å². The molecule has 0 spiro atoms. The van der Waals surface area contributed by atoms with Gasteiger partial charge in [-0.05, 0) is 43.3 Å². The summed E-state index contributed by atoms with van der Waals surface area (Å²) in [6, 6.07) is 0.212. The number of hydrogen-bond donors (Lipinski definition) is 0. The number of thioether (sulfide) groups is 2. The second-order valence-corrected chi connectivity index (χ2v) is 7.16. The maximum Gasteiger partial charge on any atom is 0.410 e. The van der Waals surface area contributed by atoms with E-state index in [2.05, 4.69) is 0 Å². The van der Waals surface area contributed by atoms with Gasteiger partial charge in [-0.15, -0.1) is 23.5 Å². The van der Waals surface area contributed by atoms with E-state index in [0.717, 1.165) is 19.4 Å². The third-order valence-electron chi connectivity index (χ3n) is 3.52. The van der Waals surface area contributed by atoms with Crippen LogP contribution < -0.4 is 0 Å². The van der Waals surface area contributed by atoms with E-state index < -0.39 is 0 Å². The second-order valence-electron chi connectivity index (χ2n) is 4.69. The van der Waals surface area contributed by atoms with E-state index >= 15 is 0 Å². The Bertz CT molecular complexity index is 362. The highest BCUT2D eigenvalue weighted by atomic mass is 32.2. The first-order valence-corrected chi connectivity index (χ1v) is 8.20. The first kappa shape index (κ1) is 11.8. The molecule has 0 radical (unpaired) electrons. The van der Waals surface area contributed by atoms with E-state index in [0.29, 0.717) is 0 Å². The SMILES string of the molecule is C[C@H]1OC(=O)N2CCCC(=C3SCCCS3)[C@@H]12. The van der Waals surface area contributed by atoms with Crippen LogP contribution in [0.15, 0.2) is 9.81 Å². The Morgan fingerprint density at radius 2 is 2.06 bits per heavy atom. The maximum absolute atomic E-state index is 11.7. The van der Waals surface area contributed by atoms with Crippen molar-refractivity contribution in [1.29, 1.82) is 0 Å². The van der Waals surface area contributed by atoms with Crippen LogP contribution in [0.4, 0.5) is 4.79 Å². The summed E-state index contributed by atoms with van der Waals surface area (Å²) in [6.07, 6.45) is 3.42. The topological polar surface area (TPSA) is 29.5 Å². The van der Waals surface area contributed by atoms with Crippen molar-refractivity contribution in [2.75, 3.05) is 18.1 Å². The van der Waals surface area contributed by atoms with Crippen LogP contribution in [0.25, 0.3) is 0 Å². The van der Waals surface area contributed by atoms with Crippen molar-refractivity contribution in [2.45, 2.75) is 38.3 Å². The van der Waals surface area contributed by atoms with Crippen molar-refractivity contribution < 1.29 is 9.53 Å². The Kier molecular flexibility index (Phi) is 3.30. The van der Waals surface area contributed by atoms with E-state index in [1.165, 1.54) is 27.7 Å². The van der Waals surface area contributed by atoms with Gasteiger partial charge < -0.3 is 4.74 Å². The van der Waals surface area contributed by atoms with Crippen LogP contribution in [0, 0.1) is 0 Å². The summed E-state index contributed by atoms with van der Waals surface area (Å²) < 4.78 is 6.83. The molecule has 3 aliphatic heterocycles.